The van der Waals surface area contributed by atoms with Crippen LogP contribution in [0.3, 0.4) is 0 Å². The minimum Gasteiger partial charge on any atom is -0.350 e. The molecule has 150 valence electrons. The number of anilines is 1. The van der Waals surface area contributed by atoms with Crippen LogP contribution in [0.15, 0.2) is 42.5 Å². The van der Waals surface area contributed by atoms with Gasteiger partial charge in [0.2, 0.25) is 15.9 Å². The van der Waals surface area contributed by atoms with E-state index in [2.05, 4.69) is 5.32 Å². The SMILES string of the molecule is Cc1ccc(CNC(=O)[C@H](C)N(c2cc([N+](=O)[O-])ccc2C)S(C)(=O)=O)cc1. The van der Waals surface area contributed by atoms with Crippen LogP contribution in [0.4, 0.5) is 11.4 Å². The van der Waals surface area contributed by atoms with E-state index in [-0.39, 0.29) is 17.9 Å². The average molecular weight is 405 g/mol. The second kappa shape index (κ2) is 8.39. The van der Waals surface area contributed by atoms with Crippen LogP contribution in [-0.4, -0.2) is 31.5 Å². The van der Waals surface area contributed by atoms with Gasteiger partial charge in [-0.05, 0) is 31.9 Å². The third-order valence-corrected chi connectivity index (χ3v) is 5.54. The molecule has 0 aromatic heterocycles. The molecule has 9 heteroatoms. The highest BCUT2D eigenvalue weighted by atomic mass is 32.2. The van der Waals surface area contributed by atoms with Gasteiger partial charge in [-0.25, -0.2) is 8.42 Å². The van der Waals surface area contributed by atoms with Crippen molar-refractivity contribution in [3.8, 4) is 0 Å². The lowest BCUT2D eigenvalue weighted by Crippen LogP contribution is -2.48. The standard InChI is InChI=1S/C19H23N3O5S/c1-13-5-8-16(9-6-13)12-20-19(23)15(3)21(28(4,26)27)18-11-17(22(24)25)10-7-14(18)2/h5-11,15H,12H2,1-4H3,(H,20,23)/t15-/m0/s1. The van der Waals surface area contributed by atoms with Gasteiger partial charge in [0.15, 0.2) is 0 Å². The summed E-state index contributed by atoms with van der Waals surface area (Å²) in [6.07, 6.45) is 0.967. The van der Waals surface area contributed by atoms with Gasteiger partial charge < -0.3 is 5.32 Å². The molecule has 0 fully saturated rings. The number of aryl methyl sites for hydroxylation is 2. The summed E-state index contributed by atoms with van der Waals surface area (Å²) in [6, 6.07) is 10.4. The van der Waals surface area contributed by atoms with Gasteiger partial charge in [-0.3, -0.25) is 19.2 Å². The number of non-ortho nitro benzene ring substituents is 1. The Morgan fingerprint density at radius 3 is 2.32 bits per heavy atom. The molecule has 2 rings (SSSR count). The van der Waals surface area contributed by atoms with Crippen LogP contribution < -0.4 is 9.62 Å². The molecule has 0 radical (unpaired) electrons. The number of amides is 1. The fourth-order valence-electron chi connectivity index (χ4n) is 2.77. The van der Waals surface area contributed by atoms with Crippen molar-refractivity contribution < 1.29 is 18.1 Å². The van der Waals surface area contributed by atoms with Gasteiger partial charge in [0.05, 0.1) is 16.9 Å². The first-order chi connectivity index (χ1) is 13.0. The molecule has 0 aliphatic carbocycles. The molecule has 2 aromatic carbocycles. The van der Waals surface area contributed by atoms with E-state index in [1.54, 1.807) is 6.92 Å². The molecule has 0 aliphatic rings. The Kier molecular flexibility index (Phi) is 6.40. The molecule has 8 nitrogen and oxygen atoms in total. The van der Waals surface area contributed by atoms with Crippen molar-refractivity contribution in [2.45, 2.75) is 33.4 Å². The summed E-state index contributed by atoms with van der Waals surface area (Å²) in [6.45, 7) is 5.28. The molecule has 2 aromatic rings. The molecule has 28 heavy (non-hydrogen) atoms. The fourth-order valence-corrected chi connectivity index (χ4v) is 4.00. The Labute approximate surface area is 164 Å². The maximum atomic E-state index is 12.6. The highest BCUT2D eigenvalue weighted by molar-refractivity contribution is 7.92. The summed E-state index contributed by atoms with van der Waals surface area (Å²) in [4.78, 5) is 23.1. The summed E-state index contributed by atoms with van der Waals surface area (Å²) >= 11 is 0. The molecule has 0 saturated carbocycles. The van der Waals surface area contributed by atoms with Gasteiger partial charge in [0.1, 0.15) is 6.04 Å². The quantitative estimate of drug-likeness (QED) is 0.563. The van der Waals surface area contributed by atoms with Crippen LogP contribution in [0.1, 0.15) is 23.6 Å². The first kappa shape index (κ1) is 21.4. The monoisotopic (exact) mass is 405 g/mol. The highest BCUT2D eigenvalue weighted by Gasteiger charge is 2.31. The summed E-state index contributed by atoms with van der Waals surface area (Å²) in [7, 11) is -3.87. The van der Waals surface area contributed by atoms with E-state index in [0.717, 1.165) is 21.7 Å². The molecule has 0 heterocycles. The molecular formula is C19H23N3O5S. The maximum Gasteiger partial charge on any atom is 0.271 e. The molecule has 1 N–H and O–H groups in total. The second-order valence-electron chi connectivity index (χ2n) is 6.67. The number of hydrogen-bond donors (Lipinski definition) is 1. The van der Waals surface area contributed by atoms with Crippen LogP contribution >= 0.6 is 0 Å². The first-order valence-electron chi connectivity index (χ1n) is 8.58. The Morgan fingerprint density at radius 2 is 1.79 bits per heavy atom. The Balaban J connectivity index is 2.30. The largest absolute Gasteiger partial charge is 0.350 e. The number of benzene rings is 2. The number of carbonyl (C=O) groups is 1. The maximum absolute atomic E-state index is 12.6. The first-order valence-corrected chi connectivity index (χ1v) is 10.4. The topological polar surface area (TPSA) is 110 Å². The van der Waals surface area contributed by atoms with Crippen LogP contribution in [0.25, 0.3) is 0 Å². The van der Waals surface area contributed by atoms with E-state index in [1.807, 2.05) is 31.2 Å². The normalized spacial score (nSPS) is 12.3. The summed E-state index contributed by atoms with van der Waals surface area (Å²) in [5.74, 6) is -0.503. The summed E-state index contributed by atoms with van der Waals surface area (Å²) in [5.41, 5.74) is 2.34. The molecule has 0 bridgehead atoms. The van der Waals surface area contributed by atoms with Crippen molar-refractivity contribution in [2.75, 3.05) is 10.6 Å². The molecule has 0 unspecified atom stereocenters. The molecule has 1 atom stereocenters. The van der Waals surface area contributed by atoms with E-state index in [0.29, 0.717) is 5.56 Å². The zero-order chi connectivity index (χ0) is 21.1. The number of sulfonamides is 1. The number of hydrogen-bond acceptors (Lipinski definition) is 5. The zero-order valence-electron chi connectivity index (χ0n) is 16.2. The summed E-state index contributed by atoms with van der Waals surface area (Å²) in [5, 5.41) is 13.8. The number of nitrogens with one attached hydrogen (secondary N) is 1. The minimum absolute atomic E-state index is 0.106. The number of nitrogens with zero attached hydrogens (tertiary/aromatic N) is 2. The van der Waals surface area contributed by atoms with Crippen molar-refractivity contribution in [3.05, 3.63) is 69.3 Å². The highest BCUT2D eigenvalue weighted by Crippen LogP contribution is 2.29. The lowest BCUT2D eigenvalue weighted by atomic mass is 10.1. The Morgan fingerprint density at radius 1 is 1.18 bits per heavy atom. The van der Waals surface area contributed by atoms with Gasteiger partial charge >= 0.3 is 0 Å². The average Bonchev–Trinajstić information content (AvgIpc) is 2.61. The van der Waals surface area contributed by atoms with Crippen LogP contribution in [0.2, 0.25) is 0 Å². The lowest BCUT2D eigenvalue weighted by molar-refractivity contribution is -0.384. The number of nitro benzene ring substituents is 1. The van der Waals surface area contributed by atoms with Crippen molar-refractivity contribution in [1.82, 2.24) is 5.32 Å². The van der Waals surface area contributed by atoms with E-state index in [9.17, 15) is 23.3 Å². The number of rotatable bonds is 7. The van der Waals surface area contributed by atoms with E-state index < -0.39 is 26.9 Å². The van der Waals surface area contributed by atoms with E-state index >= 15 is 0 Å². The predicted molar refractivity (Wildman–Crippen MR) is 108 cm³/mol. The predicted octanol–water partition coefficient (Wildman–Crippen LogP) is 2.68. The van der Waals surface area contributed by atoms with Crippen LogP contribution in [-0.2, 0) is 21.4 Å². The van der Waals surface area contributed by atoms with Crippen LogP contribution in [0.5, 0.6) is 0 Å². The third kappa shape index (κ3) is 5.07. The van der Waals surface area contributed by atoms with Crippen molar-refractivity contribution in [2.24, 2.45) is 0 Å². The van der Waals surface area contributed by atoms with Gasteiger partial charge in [-0.1, -0.05) is 35.9 Å². The van der Waals surface area contributed by atoms with Gasteiger partial charge in [-0.15, -0.1) is 0 Å². The molecule has 0 aliphatic heterocycles. The third-order valence-electron chi connectivity index (χ3n) is 4.32. The lowest BCUT2D eigenvalue weighted by Gasteiger charge is -2.29. The van der Waals surface area contributed by atoms with Crippen LogP contribution in [0, 0.1) is 24.0 Å². The molecule has 0 spiro atoms. The van der Waals surface area contributed by atoms with Gasteiger partial charge in [-0.2, -0.15) is 0 Å². The number of nitro groups is 1. The Bertz CT molecular complexity index is 987. The zero-order valence-corrected chi connectivity index (χ0v) is 17.0. The molecule has 0 saturated heterocycles. The van der Waals surface area contributed by atoms with Crippen molar-refractivity contribution >= 4 is 27.3 Å². The fraction of sp³-hybridized carbons (Fsp3) is 0.316. The van der Waals surface area contributed by atoms with E-state index in [1.165, 1.54) is 25.1 Å². The molecular weight excluding hydrogens is 382 g/mol. The molecule has 1 amide bonds. The minimum atomic E-state index is -3.87. The summed E-state index contributed by atoms with van der Waals surface area (Å²) < 4.78 is 25.7. The van der Waals surface area contributed by atoms with Gasteiger partial charge in [0, 0.05) is 18.7 Å². The Hall–Kier alpha value is -2.94. The second-order valence-corrected chi connectivity index (χ2v) is 8.53. The number of carbonyl (C=O) groups excluding carboxylic acids is 1. The smallest absolute Gasteiger partial charge is 0.271 e. The van der Waals surface area contributed by atoms with E-state index in [4.69, 9.17) is 0 Å². The van der Waals surface area contributed by atoms with Crippen molar-refractivity contribution in [3.63, 3.8) is 0 Å². The van der Waals surface area contributed by atoms with Gasteiger partial charge in [0.25, 0.3) is 5.69 Å². The van der Waals surface area contributed by atoms with Crippen molar-refractivity contribution in [1.29, 1.82) is 0 Å².